The number of carboxylic acids is 1. The minimum absolute atomic E-state index is 0.0215. The summed E-state index contributed by atoms with van der Waals surface area (Å²) in [6, 6.07) is 8.22. The van der Waals surface area contributed by atoms with Crippen molar-refractivity contribution in [3.63, 3.8) is 0 Å². The summed E-state index contributed by atoms with van der Waals surface area (Å²) < 4.78 is 0. The summed E-state index contributed by atoms with van der Waals surface area (Å²) in [4.78, 5) is 36.7. The number of ketones is 1. The molecule has 1 aliphatic heterocycles. The molecule has 1 aliphatic rings. The number of rotatable bonds is 6. The first-order valence-electron chi connectivity index (χ1n) is 7.28. The molecule has 0 radical (unpaired) electrons. The van der Waals surface area contributed by atoms with Crippen LogP contribution in [0.4, 0.5) is 0 Å². The Morgan fingerprint density at radius 2 is 1.86 bits per heavy atom. The van der Waals surface area contributed by atoms with E-state index in [4.69, 9.17) is 5.11 Å². The maximum atomic E-state index is 12.2. The minimum Gasteiger partial charge on any atom is -0.480 e. The molecule has 22 heavy (non-hydrogen) atoms. The average Bonchev–Trinajstić information content (AvgIpc) is 2.55. The quantitative estimate of drug-likeness (QED) is 0.812. The van der Waals surface area contributed by atoms with Gasteiger partial charge in [-0.05, 0) is 19.3 Å². The van der Waals surface area contributed by atoms with Crippen molar-refractivity contribution in [3.05, 3.63) is 35.9 Å². The van der Waals surface area contributed by atoms with Gasteiger partial charge in [-0.1, -0.05) is 30.3 Å². The highest BCUT2D eigenvalue weighted by atomic mass is 32.2. The zero-order valence-electron chi connectivity index (χ0n) is 12.2. The molecule has 6 heteroatoms. The second-order valence-electron chi connectivity index (χ2n) is 5.22. The van der Waals surface area contributed by atoms with E-state index in [9.17, 15) is 14.4 Å². The summed E-state index contributed by atoms with van der Waals surface area (Å²) in [6.45, 7) is 0.489. The minimum atomic E-state index is -0.946. The van der Waals surface area contributed by atoms with Crippen LogP contribution in [0.25, 0.3) is 0 Å². The molecule has 1 N–H and O–H groups in total. The van der Waals surface area contributed by atoms with E-state index in [2.05, 4.69) is 0 Å². The Bertz CT molecular complexity index is 546. The third-order valence-electron chi connectivity index (χ3n) is 3.66. The highest BCUT2D eigenvalue weighted by Crippen LogP contribution is 2.19. The van der Waals surface area contributed by atoms with Gasteiger partial charge in [0.05, 0.1) is 11.5 Å². The zero-order valence-corrected chi connectivity index (χ0v) is 13.1. The van der Waals surface area contributed by atoms with Gasteiger partial charge in [0, 0.05) is 12.1 Å². The van der Waals surface area contributed by atoms with Crippen LogP contribution in [-0.4, -0.2) is 51.8 Å². The molecule has 1 aromatic carbocycles. The van der Waals surface area contributed by atoms with E-state index in [1.165, 1.54) is 16.7 Å². The fraction of sp³-hybridized carbons (Fsp3) is 0.438. The van der Waals surface area contributed by atoms with E-state index in [0.29, 0.717) is 18.5 Å². The SMILES string of the molecule is O=C(CSCC(=O)N1CCCC[C@@H]1C(=O)O)c1ccccc1. The standard InChI is InChI=1S/C16H19NO4S/c18-14(12-6-2-1-3-7-12)10-22-11-15(19)17-9-5-4-8-13(17)16(20)21/h1-3,6-7,13H,4-5,8-11H2,(H,20,21)/t13-/m1/s1. The zero-order chi connectivity index (χ0) is 15.9. The predicted molar refractivity (Wildman–Crippen MR) is 85.1 cm³/mol. The van der Waals surface area contributed by atoms with Gasteiger partial charge in [-0.25, -0.2) is 4.79 Å². The third-order valence-corrected chi connectivity index (χ3v) is 4.58. The smallest absolute Gasteiger partial charge is 0.326 e. The van der Waals surface area contributed by atoms with Crippen LogP contribution >= 0.6 is 11.8 Å². The Kier molecular flexibility index (Phi) is 6.00. The number of Topliss-reactive ketones (excluding diaryl/α,β-unsaturated/α-hetero) is 1. The first kappa shape index (κ1) is 16.5. The lowest BCUT2D eigenvalue weighted by molar-refractivity contribution is -0.150. The largest absolute Gasteiger partial charge is 0.480 e. The molecule has 0 bridgehead atoms. The summed E-state index contributed by atoms with van der Waals surface area (Å²) >= 11 is 1.24. The molecule has 0 unspecified atom stereocenters. The van der Waals surface area contributed by atoms with Crippen molar-refractivity contribution in [3.8, 4) is 0 Å². The lowest BCUT2D eigenvalue weighted by Gasteiger charge is -2.32. The summed E-state index contributed by atoms with van der Waals surface area (Å²) in [5.41, 5.74) is 0.629. The van der Waals surface area contributed by atoms with E-state index in [1.807, 2.05) is 6.07 Å². The number of carbonyl (C=O) groups excluding carboxylic acids is 2. The molecule has 1 atom stereocenters. The number of hydrogen-bond acceptors (Lipinski definition) is 4. The lowest BCUT2D eigenvalue weighted by atomic mass is 10.0. The average molecular weight is 321 g/mol. The van der Waals surface area contributed by atoms with Gasteiger partial charge in [-0.3, -0.25) is 9.59 Å². The molecule has 1 saturated heterocycles. The lowest BCUT2D eigenvalue weighted by Crippen LogP contribution is -2.48. The fourth-order valence-electron chi connectivity index (χ4n) is 2.51. The predicted octanol–water partition coefficient (Wildman–Crippen LogP) is 2.07. The Morgan fingerprint density at radius 1 is 1.14 bits per heavy atom. The Labute approximate surface area is 133 Å². The molecule has 0 saturated carbocycles. The van der Waals surface area contributed by atoms with Crippen LogP contribution in [0.5, 0.6) is 0 Å². The highest BCUT2D eigenvalue weighted by Gasteiger charge is 2.31. The molecule has 1 fully saturated rings. The summed E-state index contributed by atoms with van der Waals surface area (Å²) in [6.07, 6.45) is 2.18. The van der Waals surface area contributed by atoms with Gasteiger partial charge in [-0.15, -0.1) is 11.8 Å². The maximum Gasteiger partial charge on any atom is 0.326 e. The van der Waals surface area contributed by atoms with Crippen molar-refractivity contribution in [1.82, 2.24) is 4.90 Å². The van der Waals surface area contributed by atoms with Crippen molar-refractivity contribution in [2.75, 3.05) is 18.1 Å². The van der Waals surface area contributed by atoms with Crippen LogP contribution in [0.15, 0.2) is 30.3 Å². The second-order valence-corrected chi connectivity index (χ2v) is 6.20. The Balaban J connectivity index is 1.82. The maximum absolute atomic E-state index is 12.2. The first-order chi connectivity index (χ1) is 10.6. The number of hydrogen-bond donors (Lipinski definition) is 1. The van der Waals surface area contributed by atoms with Crippen molar-refractivity contribution >= 4 is 29.4 Å². The van der Waals surface area contributed by atoms with Gasteiger partial charge in [0.1, 0.15) is 6.04 Å². The number of benzene rings is 1. The molecule has 118 valence electrons. The molecule has 2 rings (SSSR count). The Hall–Kier alpha value is -1.82. The number of thioether (sulfide) groups is 1. The number of nitrogens with zero attached hydrogens (tertiary/aromatic N) is 1. The summed E-state index contributed by atoms with van der Waals surface area (Å²) in [5.74, 6) is -0.799. The molecule has 0 aromatic heterocycles. The van der Waals surface area contributed by atoms with Crippen molar-refractivity contribution in [2.45, 2.75) is 25.3 Å². The summed E-state index contributed by atoms with van der Waals surface area (Å²) in [7, 11) is 0. The number of piperidine rings is 1. The van der Waals surface area contributed by atoms with Crippen molar-refractivity contribution in [2.24, 2.45) is 0 Å². The van der Waals surface area contributed by atoms with Gasteiger partial charge < -0.3 is 10.0 Å². The topological polar surface area (TPSA) is 74.7 Å². The molecule has 1 aromatic rings. The number of carbonyl (C=O) groups is 3. The summed E-state index contributed by atoms with van der Waals surface area (Å²) in [5, 5.41) is 9.17. The van der Waals surface area contributed by atoms with Crippen LogP contribution in [0, 0.1) is 0 Å². The second kappa shape index (κ2) is 7.98. The molecular weight excluding hydrogens is 302 g/mol. The van der Waals surface area contributed by atoms with Crippen LogP contribution in [-0.2, 0) is 9.59 Å². The monoisotopic (exact) mass is 321 g/mol. The number of carboxylic acid groups (broad SMARTS) is 1. The van der Waals surface area contributed by atoms with Gasteiger partial charge in [-0.2, -0.15) is 0 Å². The van der Waals surface area contributed by atoms with Crippen molar-refractivity contribution < 1.29 is 19.5 Å². The van der Waals surface area contributed by atoms with E-state index in [-0.39, 0.29) is 23.2 Å². The van der Waals surface area contributed by atoms with Gasteiger partial charge >= 0.3 is 5.97 Å². The van der Waals surface area contributed by atoms with Gasteiger partial charge in [0.15, 0.2) is 5.78 Å². The van der Waals surface area contributed by atoms with Crippen LogP contribution in [0.1, 0.15) is 29.6 Å². The molecule has 1 amide bonds. The van der Waals surface area contributed by atoms with Gasteiger partial charge in [0.25, 0.3) is 0 Å². The Morgan fingerprint density at radius 3 is 2.55 bits per heavy atom. The van der Waals surface area contributed by atoms with Crippen LogP contribution < -0.4 is 0 Å². The van der Waals surface area contributed by atoms with Crippen LogP contribution in [0.2, 0.25) is 0 Å². The van der Waals surface area contributed by atoms with E-state index in [0.717, 1.165) is 12.8 Å². The highest BCUT2D eigenvalue weighted by molar-refractivity contribution is 8.00. The molecule has 1 heterocycles. The molecule has 0 aliphatic carbocycles. The molecule has 0 spiro atoms. The number of aliphatic carboxylic acids is 1. The van der Waals surface area contributed by atoms with Crippen LogP contribution in [0.3, 0.4) is 0 Å². The molecule has 5 nitrogen and oxygen atoms in total. The molecular formula is C16H19NO4S. The fourth-order valence-corrected chi connectivity index (χ4v) is 3.30. The number of amides is 1. The number of likely N-dealkylation sites (tertiary alicyclic amines) is 1. The van der Waals surface area contributed by atoms with Crippen molar-refractivity contribution in [1.29, 1.82) is 0 Å². The normalized spacial score (nSPS) is 18.0. The van der Waals surface area contributed by atoms with E-state index in [1.54, 1.807) is 24.3 Å². The van der Waals surface area contributed by atoms with E-state index >= 15 is 0 Å². The van der Waals surface area contributed by atoms with E-state index < -0.39 is 12.0 Å². The third kappa shape index (κ3) is 4.34. The van der Waals surface area contributed by atoms with Gasteiger partial charge in [0.2, 0.25) is 5.91 Å². The first-order valence-corrected chi connectivity index (χ1v) is 8.43.